The minimum atomic E-state index is -1.07. The van der Waals surface area contributed by atoms with Crippen LogP contribution in [0.3, 0.4) is 0 Å². The maximum atomic E-state index is 11.3. The van der Waals surface area contributed by atoms with Gasteiger partial charge in [0.2, 0.25) is 0 Å². The lowest BCUT2D eigenvalue weighted by molar-refractivity contribution is -0.149. The molecule has 0 amide bonds. The summed E-state index contributed by atoms with van der Waals surface area (Å²) in [5, 5.41) is 10.3. The average molecular weight is 285 g/mol. The molecule has 0 atom stereocenters. The number of hydrogen-bond donors (Lipinski definition) is 1. The Kier molecular flexibility index (Phi) is 4.94. The molecule has 5 nitrogen and oxygen atoms in total. The van der Waals surface area contributed by atoms with Gasteiger partial charge >= 0.3 is 5.97 Å². The molecule has 0 aliphatic carbocycles. The van der Waals surface area contributed by atoms with Gasteiger partial charge in [-0.3, -0.25) is 4.79 Å². The molecule has 0 heterocycles. The number of halogens is 1. The second-order valence-corrected chi connectivity index (χ2v) is 4.09. The van der Waals surface area contributed by atoms with Crippen molar-refractivity contribution in [2.75, 3.05) is 14.2 Å². The molecule has 1 aromatic rings. The number of benzene rings is 1. The molecule has 0 saturated heterocycles. The van der Waals surface area contributed by atoms with Crippen molar-refractivity contribution in [2.24, 2.45) is 0 Å². The van der Waals surface area contributed by atoms with Crippen LogP contribution in [0.1, 0.15) is 11.1 Å². The fourth-order valence-corrected chi connectivity index (χ4v) is 1.55. The maximum absolute atomic E-state index is 11.3. The fourth-order valence-electron chi connectivity index (χ4n) is 1.39. The number of ether oxygens (including phenoxy) is 2. The van der Waals surface area contributed by atoms with Crippen LogP contribution in [0.5, 0.6) is 5.75 Å². The van der Waals surface area contributed by atoms with Crippen molar-refractivity contribution in [1.82, 2.24) is 0 Å². The van der Waals surface area contributed by atoms with Crippen LogP contribution in [-0.4, -0.2) is 31.1 Å². The number of rotatable bonds is 4. The summed E-state index contributed by atoms with van der Waals surface area (Å²) >= 11 is 5.94. The highest BCUT2D eigenvalue weighted by atomic mass is 35.5. The van der Waals surface area contributed by atoms with Crippen LogP contribution in [-0.2, 0) is 14.3 Å². The number of ketones is 1. The van der Waals surface area contributed by atoms with Gasteiger partial charge in [-0.1, -0.05) is 11.6 Å². The van der Waals surface area contributed by atoms with Gasteiger partial charge in [-0.05, 0) is 24.6 Å². The Morgan fingerprint density at radius 3 is 2.47 bits per heavy atom. The van der Waals surface area contributed by atoms with E-state index in [-0.39, 0.29) is 5.56 Å². The van der Waals surface area contributed by atoms with Gasteiger partial charge in [-0.2, -0.15) is 0 Å². The van der Waals surface area contributed by atoms with Crippen molar-refractivity contribution in [3.63, 3.8) is 0 Å². The van der Waals surface area contributed by atoms with E-state index in [4.69, 9.17) is 16.3 Å². The first-order valence-corrected chi connectivity index (χ1v) is 5.66. The molecule has 0 bridgehead atoms. The van der Waals surface area contributed by atoms with Gasteiger partial charge in [-0.15, -0.1) is 0 Å². The normalized spacial score (nSPS) is 11.1. The summed E-state index contributed by atoms with van der Waals surface area (Å²) in [4.78, 5) is 22.3. The fraction of sp³-hybridized carbons (Fsp3) is 0.231. The van der Waals surface area contributed by atoms with Crippen LogP contribution in [0.15, 0.2) is 18.2 Å². The lowest BCUT2D eigenvalue weighted by Gasteiger charge is -2.10. The van der Waals surface area contributed by atoms with E-state index in [2.05, 4.69) is 4.74 Å². The number of hydrogen-bond acceptors (Lipinski definition) is 5. The van der Waals surface area contributed by atoms with Gasteiger partial charge < -0.3 is 14.6 Å². The molecule has 0 saturated carbocycles. The van der Waals surface area contributed by atoms with Crippen LogP contribution in [0.2, 0.25) is 5.02 Å². The standard InChI is InChI=1S/C13H13ClO5/c1-7-4-12(18-2)8(5-9(7)14)10(15)6-11(16)13(17)19-3/h4-6,15H,1-3H3/b10-6-. The van der Waals surface area contributed by atoms with Crippen molar-refractivity contribution < 1.29 is 24.2 Å². The number of carbonyl (C=O) groups is 2. The Morgan fingerprint density at radius 1 is 1.32 bits per heavy atom. The monoisotopic (exact) mass is 284 g/mol. The molecule has 1 rings (SSSR count). The molecule has 0 aliphatic heterocycles. The Hall–Kier alpha value is -2.01. The summed E-state index contributed by atoms with van der Waals surface area (Å²) < 4.78 is 9.33. The molecule has 0 fully saturated rings. The molecule has 1 aromatic carbocycles. The Morgan fingerprint density at radius 2 is 1.95 bits per heavy atom. The number of esters is 1. The van der Waals surface area contributed by atoms with Gasteiger partial charge in [0.05, 0.1) is 19.8 Å². The summed E-state index contributed by atoms with van der Waals surface area (Å²) in [5.41, 5.74) is 0.977. The third kappa shape index (κ3) is 3.48. The Bertz CT molecular complexity index is 548. The van der Waals surface area contributed by atoms with Crippen molar-refractivity contribution in [2.45, 2.75) is 6.92 Å². The SMILES string of the molecule is COC(=O)C(=O)/C=C(\O)c1cc(Cl)c(C)cc1OC. The lowest BCUT2D eigenvalue weighted by atomic mass is 10.1. The van der Waals surface area contributed by atoms with E-state index in [9.17, 15) is 14.7 Å². The minimum Gasteiger partial charge on any atom is -0.507 e. The topological polar surface area (TPSA) is 72.8 Å². The second-order valence-electron chi connectivity index (χ2n) is 3.69. The van der Waals surface area contributed by atoms with E-state index in [1.54, 1.807) is 13.0 Å². The van der Waals surface area contributed by atoms with Crippen LogP contribution >= 0.6 is 11.6 Å². The molecule has 102 valence electrons. The van der Waals surface area contributed by atoms with E-state index >= 15 is 0 Å². The van der Waals surface area contributed by atoms with E-state index in [1.165, 1.54) is 13.2 Å². The molecular formula is C13H13ClO5. The Labute approximate surface area is 115 Å². The molecule has 0 spiro atoms. The summed E-state index contributed by atoms with van der Waals surface area (Å²) in [7, 11) is 2.50. The number of methoxy groups -OCH3 is 2. The number of aryl methyl sites for hydroxylation is 1. The average Bonchev–Trinajstić information content (AvgIpc) is 2.39. The first-order chi connectivity index (χ1) is 8.90. The van der Waals surface area contributed by atoms with E-state index < -0.39 is 17.5 Å². The maximum Gasteiger partial charge on any atom is 0.378 e. The van der Waals surface area contributed by atoms with Crippen LogP contribution in [0, 0.1) is 6.92 Å². The molecule has 19 heavy (non-hydrogen) atoms. The van der Waals surface area contributed by atoms with Gasteiger partial charge in [0.15, 0.2) is 0 Å². The predicted molar refractivity (Wildman–Crippen MR) is 70.4 cm³/mol. The predicted octanol–water partition coefficient (Wildman–Crippen LogP) is 2.30. The zero-order valence-corrected chi connectivity index (χ0v) is 11.4. The number of aliphatic hydroxyl groups is 1. The Balaban J connectivity index is 3.22. The highest BCUT2D eigenvalue weighted by Gasteiger charge is 2.16. The van der Waals surface area contributed by atoms with Crippen molar-refractivity contribution in [1.29, 1.82) is 0 Å². The van der Waals surface area contributed by atoms with Crippen LogP contribution < -0.4 is 4.74 Å². The first-order valence-electron chi connectivity index (χ1n) is 5.28. The summed E-state index contributed by atoms with van der Waals surface area (Å²) in [6.07, 6.45) is 0.759. The number of aliphatic hydroxyl groups excluding tert-OH is 1. The van der Waals surface area contributed by atoms with E-state index in [1.807, 2.05) is 0 Å². The molecule has 6 heteroatoms. The summed E-state index contributed by atoms with van der Waals surface area (Å²) in [5.74, 6) is -2.12. The summed E-state index contributed by atoms with van der Waals surface area (Å²) in [6.45, 7) is 1.77. The lowest BCUT2D eigenvalue weighted by Crippen LogP contribution is -2.13. The number of carbonyl (C=O) groups excluding carboxylic acids is 2. The van der Waals surface area contributed by atoms with Crippen molar-refractivity contribution in [3.05, 3.63) is 34.4 Å². The molecule has 0 unspecified atom stereocenters. The highest BCUT2D eigenvalue weighted by Crippen LogP contribution is 2.30. The minimum absolute atomic E-state index is 0.218. The first kappa shape index (κ1) is 15.0. The van der Waals surface area contributed by atoms with Crippen molar-refractivity contribution in [3.8, 4) is 5.75 Å². The molecular weight excluding hydrogens is 272 g/mol. The van der Waals surface area contributed by atoms with Gasteiger partial charge in [0.1, 0.15) is 11.5 Å². The molecule has 0 radical (unpaired) electrons. The van der Waals surface area contributed by atoms with Gasteiger partial charge in [0, 0.05) is 11.1 Å². The second kappa shape index (κ2) is 6.24. The quantitative estimate of drug-likeness (QED) is 0.397. The van der Waals surface area contributed by atoms with E-state index in [0.717, 1.165) is 18.7 Å². The third-order valence-electron chi connectivity index (χ3n) is 2.41. The van der Waals surface area contributed by atoms with E-state index in [0.29, 0.717) is 10.8 Å². The largest absolute Gasteiger partial charge is 0.507 e. The van der Waals surface area contributed by atoms with Crippen molar-refractivity contribution >= 4 is 29.1 Å². The smallest absolute Gasteiger partial charge is 0.378 e. The molecule has 0 aromatic heterocycles. The molecule has 0 aliphatic rings. The molecule has 1 N–H and O–H groups in total. The van der Waals surface area contributed by atoms with Gasteiger partial charge in [0.25, 0.3) is 5.78 Å². The third-order valence-corrected chi connectivity index (χ3v) is 2.82. The summed E-state index contributed by atoms with van der Waals surface area (Å²) in [6, 6.07) is 3.07. The zero-order chi connectivity index (χ0) is 14.6. The zero-order valence-electron chi connectivity index (χ0n) is 10.7. The van der Waals surface area contributed by atoms with Crippen LogP contribution in [0.4, 0.5) is 0 Å². The highest BCUT2D eigenvalue weighted by molar-refractivity contribution is 6.39. The van der Waals surface area contributed by atoms with Gasteiger partial charge in [-0.25, -0.2) is 4.79 Å². The van der Waals surface area contributed by atoms with Crippen LogP contribution in [0.25, 0.3) is 5.76 Å².